The third-order valence-corrected chi connectivity index (χ3v) is 4.78. The molecule has 3 aromatic rings. The molecular formula is C23H21N3O3. The number of pyridine rings is 1. The summed E-state index contributed by atoms with van der Waals surface area (Å²) >= 11 is 0. The van der Waals surface area contributed by atoms with E-state index in [0.29, 0.717) is 36.6 Å². The highest BCUT2D eigenvalue weighted by atomic mass is 16.5. The first-order valence-corrected chi connectivity index (χ1v) is 9.56. The number of hydrogen-bond acceptors (Lipinski definition) is 5. The van der Waals surface area contributed by atoms with Crippen LogP contribution in [0.4, 0.5) is 11.5 Å². The van der Waals surface area contributed by atoms with Crippen molar-refractivity contribution in [2.45, 2.75) is 6.92 Å². The SMILES string of the molecule is CCOC(=O)c1ccc(-c2cnc3c(c2)N(C(=O)c2ccccc2)CCN3)cc1. The van der Waals surface area contributed by atoms with Crippen LogP contribution in [0.25, 0.3) is 11.1 Å². The van der Waals surface area contributed by atoms with Crippen molar-refractivity contribution in [2.24, 2.45) is 0 Å². The molecule has 1 aromatic heterocycles. The van der Waals surface area contributed by atoms with Crippen LogP contribution in [0.5, 0.6) is 0 Å². The minimum Gasteiger partial charge on any atom is -0.462 e. The molecule has 0 atom stereocenters. The van der Waals surface area contributed by atoms with Crippen molar-refractivity contribution in [3.8, 4) is 11.1 Å². The van der Waals surface area contributed by atoms with E-state index in [1.54, 1.807) is 30.2 Å². The number of fused-ring (bicyclic) bond motifs is 1. The summed E-state index contributed by atoms with van der Waals surface area (Å²) < 4.78 is 5.03. The quantitative estimate of drug-likeness (QED) is 0.685. The molecule has 0 bridgehead atoms. The molecule has 2 aromatic carbocycles. The Morgan fingerprint density at radius 1 is 1.03 bits per heavy atom. The highest BCUT2D eigenvalue weighted by molar-refractivity contribution is 6.08. The molecule has 6 nitrogen and oxygen atoms in total. The molecule has 2 heterocycles. The number of rotatable bonds is 4. The van der Waals surface area contributed by atoms with E-state index >= 15 is 0 Å². The molecule has 0 saturated heterocycles. The maximum absolute atomic E-state index is 13.0. The molecule has 0 fully saturated rings. The molecule has 0 saturated carbocycles. The second kappa shape index (κ2) is 8.14. The predicted octanol–water partition coefficient (Wildman–Crippen LogP) is 4.00. The van der Waals surface area contributed by atoms with Crippen molar-refractivity contribution in [1.82, 2.24) is 4.98 Å². The summed E-state index contributed by atoms with van der Waals surface area (Å²) in [5.41, 5.74) is 3.67. The minimum atomic E-state index is -0.341. The van der Waals surface area contributed by atoms with Gasteiger partial charge in [-0.1, -0.05) is 30.3 Å². The zero-order chi connectivity index (χ0) is 20.2. The molecule has 4 rings (SSSR count). The van der Waals surface area contributed by atoms with Gasteiger partial charge in [0.05, 0.1) is 17.9 Å². The van der Waals surface area contributed by atoms with Crippen molar-refractivity contribution in [1.29, 1.82) is 0 Å². The first kappa shape index (κ1) is 18.7. The topological polar surface area (TPSA) is 71.5 Å². The number of nitrogens with zero attached hydrogens (tertiary/aromatic N) is 2. The van der Waals surface area contributed by atoms with Gasteiger partial charge in [0.1, 0.15) is 5.82 Å². The summed E-state index contributed by atoms with van der Waals surface area (Å²) in [7, 11) is 0. The van der Waals surface area contributed by atoms with Crippen molar-refractivity contribution in [3.05, 3.63) is 78.0 Å². The molecule has 0 spiro atoms. The molecular weight excluding hydrogens is 366 g/mol. The number of carbonyl (C=O) groups is 2. The average molecular weight is 387 g/mol. The molecule has 0 unspecified atom stereocenters. The van der Waals surface area contributed by atoms with Crippen LogP contribution in [0.2, 0.25) is 0 Å². The molecule has 0 aliphatic carbocycles. The number of esters is 1. The van der Waals surface area contributed by atoms with Crippen LogP contribution in [0.1, 0.15) is 27.6 Å². The summed E-state index contributed by atoms with van der Waals surface area (Å²) in [5, 5.41) is 3.25. The van der Waals surface area contributed by atoms with E-state index in [1.165, 1.54) is 0 Å². The van der Waals surface area contributed by atoms with Gasteiger partial charge in [-0.05, 0) is 42.8 Å². The zero-order valence-corrected chi connectivity index (χ0v) is 16.1. The average Bonchev–Trinajstić information content (AvgIpc) is 2.78. The number of nitrogens with one attached hydrogen (secondary N) is 1. The molecule has 1 aliphatic heterocycles. The van der Waals surface area contributed by atoms with Gasteiger partial charge >= 0.3 is 5.97 Å². The predicted molar refractivity (Wildman–Crippen MR) is 112 cm³/mol. The van der Waals surface area contributed by atoms with Gasteiger partial charge in [-0.2, -0.15) is 0 Å². The van der Waals surface area contributed by atoms with Gasteiger partial charge in [-0.15, -0.1) is 0 Å². The van der Waals surface area contributed by atoms with E-state index in [0.717, 1.165) is 16.8 Å². The van der Waals surface area contributed by atoms with Crippen LogP contribution in [-0.2, 0) is 4.74 Å². The number of amides is 1. The largest absolute Gasteiger partial charge is 0.462 e. The van der Waals surface area contributed by atoms with Crippen LogP contribution in [0, 0.1) is 0 Å². The Balaban J connectivity index is 1.65. The normalized spacial score (nSPS) is 12.7. The molecule has 29 heavy (non-hydrogen) atoms. The Morgan fingerprint density at radius 3 is 2.52 bits per heavy atom. The van der Waals surface area contributed by atoms with Crippen LogP contribution in [0.3, 0.4) is 0 Å². The van der Waals surface area contributed by atoms with E-state index < -0.39 is 0 Å². The van der Waals surface area contributed by atoms with E-state index in [2.05, 4.69) is 10.3 Å². The standard InChI is InChI=1S/C23H21N3O3/c1-2-29-23(28)18-10-8-16(9-11-18)19-14-20-21(25-15-19)24-12-13-26(20)22(27)17-6-4-3-5-7-17/h3-11,14-15H,2,12-13H2,1H3,(H,24,25). The van der Waals surface area contributed by atoms with Gasteiger partial charge in [0.25, 0.3) is 5.91 Å². The van der Waals surface area contributed by atoms with Crippen LogP contribution < -0.4 is 10.2 Å². The lowest BCUT2D eigenvalue weighted by molar-refractivity contribution is 0.0526. The lowest BCUT2D eigenvalue weighted by Crippen LogP contribution is -2.39. The number of anilines is 2. The molecule has 1 aliphatic rings. The van der Waals surface area contributed by atoms with Gasteiger partial charge in [-0.3, -0.25) is 4.79 Å². The van der Waals surface area contributed by atoms with E-state index in [4.69, 9.17) is 4.74 Å². The first-order valence-electron chi connectivity index (χ1n) is 9.56. The fourth-order valence-electron chi connectivity index (χ4n) is 3.32. The summed E-state index contributed by atoms with van der Waals surface area (Å²) in [4.78, 5) is 31.1. The van der Waals surface area contributed by atoms with Gasteiger partial charge in [0.15, 0.2) is 0 Å². The Bertz CT molecular complexity index is 1030. The van der Waals surface area contributed by atoms with Gasteiger partial charge in [0, 0.05) is 30.4 Å². The monoisotopic (exact) mass is 387 g/mol. The molecule has 1 N–H and O–H groups in total. The van der Waals surface area contributed by atoms with Crippen molar-refractivity contribution >= 4 is 23.4 Å². The van der Waals surface area contributed by atoms with E-state index in [-0.39, 0.29) is 11.9 Å². The van der Waals surface area contributed by atoms with Gasteiger partial charge in [-0.25, -0.2) is 9.78 Å². The van der Waals surface area contributed by atoms with Crippen molar-refractivity contribution in [2.75, 3.05) is 29.9 Å². The van der Waals surface area contributed by atoms with E-state index in [9.17, 15) is 9.59 Å². The number of hydrogen-bond donors (Lipinski definition) is 1. The fraction of sp³-hybridized carbons (Fsp3) is 0.174. The summed E-state index contributed by atoms with van der Waals surface area (Å²) in [5.74, 6) is 0.295. The minimum absolute atomic E-state index is 0.0510. The van der Waals surface area contributed by atoms with Gasteiger partial charge < -0.3 is 15.0 Å². The van der Waals surface area contributed by atoms with Crippen LogP contribution in [0.15, 0.2) is 66.9 Å². The number of benzene rings is 2. The summed E-state index contributed by atoms with van der Waals surface area (Å²) in [6.45, 7) is 3.33. The fourth-order valence-corrected chi connectivity index (χ4v) is 3.32. The number of ether oxygens (including phenoxy) is 1. The Morgan fingerprint density at radius 2 is 1.79 bits per heavy atom. The van der Waals surface area contributed by atoms with Crippen LogP contribution in [-0.4, -0.2) is 36.6 Å². The van der Waals surface area contributed by atoms with E-state index in [1.807, 2.05) is 48.5 Å². The summed E-state index contributed by atoms with van der Waals surface area (Å²) in [6, 6.07) is 18.4. The molecule has 146 valence electrons. The van der Waals surface area contributed by atoms with Crippen molar-refractivity contribution in [3.63, 3.8) is 0 Å². The third-order valence-electron chi connectivity index (χ3n) is 4.78. The highest BCUT2D eigenvalue weighted by Crippen LogP contribution is 2.32. The Labute approximate surface area is 169 Å². The second-order valence-corrected chi connectivity index (χ2v) is 6.64. The number of aromatic nitrogens is 1. The smallest absolute Gasteiger partial charge is 0.338 e. The second-order valence-electron chi connectivity index (χ2n) is 6.64. The lowest BCUT2D eigenvalue weighted by atomic mass is 10.0. The zero-order valence-electron chi connectivity index (χ0n) is 16.1. The van der Waals surface area contributed by atoms with Crippen molar-refractivity contribution < 1.29 is 14.3 Å². The Hall–Kier alpha value is -3.67. The maximum atomic E-state index is 13.0. The molecule has 1 amide bonds. The van der Waals surface area contributed by atoms with Crippen LogP contribution >= 0.6 is 0 Å². The Kier molecular flexibility index (Phi) is 5.24. The maximum Gasteiger partial charge on any atom is 0.338 e. The number of carbonyl (C=O) groups excluding carboxylic acids is 2. The van der Waals surface area contributed by atoms with Gasteiger partial charge in [0.2, 0.25) is 0 Å². The first-order chi connectivity index (χ1) is 14.2. The third kappa shape index (κ3) is 3.82. The summed E-state index contributed by atoms with van der Waals surface area (Å²) in [6.07, 6.45) is 1.77. The highest BCUT2D eigenvalue weighted by Gasteiger charge is 2.25. The molecule has 0 radical (unpaired) electrons. The lowest BCUT2D eigenvalue weighted by Gasteiger charge is -2.30. The molecule has 6 heteroatoms.